The van der Waals surface area contributed by atoms with E-state index in [0.29, 0.717) is 10.9 Å². The first-order valence-electron chi connectivity index (χ1n) is 4.60. The standard InChI is InChI=1S/C10H14N2O2S/c1-4-12(2)10(14-3)11-9(13)8-6-5-7-15-8/h5-7H,4H2,1-3H3. The Morgan fingerprint density at radius 1 is 1.67 bits per heavy atom. The number of methoxy groups -OCH3 is 1. The maximum Gasteiger partial charge on any atom is 0.294 e. The van der Waals surface area contributed by atoms with Gasteiger partial charge in [0.05, 0.1) is 12.0 Å². The number of amidine groups is 1. The smallest absolute Gasteiger partial charge is 0.294 e. The molecule has 0 atom stereocenters. The Kier molecular flexibility index (Phi) is 4.30. The Balaban J connectivity index is 2.80. The van der Waals surface area contributed by atoms with Crippen LogP contribution in [-0.4, -0.2) is 37.5 Å². The lowest BCUT2D eigenvalue weighted by Crippen LogP contribution is -2.28. The van der Waals surface area contributed by atoms with E-state index in [4.69, 9.17) is 4.74 Å². The van der Waals surface area contributed by atoms with Gasteiger partial charge in [0.15, 0.2) is 0 Å². The van der Waals surface area contributed by atoms with Crippen LogP contribution in [0.25, 0.3) is 0 Å². The number of carbonyl (C=O) groups excluding carboxylic acids is 1. The van der Waals surface area contributed by atoms with Crippen molar-refractivity contribution in [3.63, 3.8) is 0 Å². The van der Waals surface area contributed by atoms with Gasteiger partial charge in [-0.05, 0) is 18.4 Å². The van der Waals surface area contributed by atoms with Gasteiger partial charge in [0, 0.05) is 13.6 Å². The molecule has 1 heterocycles. The predicted octanol–water partition coefficient (Wildman–Crippen LogP) is 1.84. The second-order valence-electron chi connectivity index (χ2n) is 2.90. The summed E-state index contributed by atoms with van der Waals surface area (Å²) in [6.45, 7) is 2.70. The number of carbonyl (C=O) groups is 1. The van der Waals surface area contributed by atoms with Gasteiger partial charge in [-0.15, -0.1) is 11.3 Å². The van der Waals surface area contributed by atoms with E-state index in [1.165, 1.54) is 18.4 Å². The topological polar surface area (TPSA) is 41.9 Å². The molecule has 82 valence electrons. The number of ether oxygens (including phenoxy) is 1. The zero-order valence-electron chi connectivity index (χ0n) is 9.06. The number of thiophene rings is 1. The second kappa shape index (κ2) is 5.50. The summed E-state index contributed by atoms with van der Waals surface area (Å²) in [5.41, 5.74) is 0. The van der Waals surface area contributed by atoms with E-state index in [2.05, 4.69) is 4.99 Å². The van der Waals surface area contributed by atoms with Gasteiger partial charge in [-0.2, -0.15) is 4.99 Å². The molecule has 1 amide bonds. The first-order chi connectivity index (χ1) is 7.19. The third kappa shape index (κ3) is 3.06. The minimum atomic E-state index is -0.262. The molecule has 0 aliphatic rings. The van der Waals surface area contributed by atoms with Gasteiger partial charge >= 0.3 is 0 Å². The summed E-state index contributed by atoms with van der Waals surface area (Å²) < 4.78 is 5.03. The molecule has 0 aliphatic heterocycles. The molecule has 4 nitrogen and oxygen atoms in total. The molecule has 0 saturated heterocycles. The van der Waals surface area contributed by atoms with Crippen LogP contribution in [0.2, 0.25) is 0 Å². The van der Waals surface area contributed by atoms with Gasteiger partial charge in [0.2, 0.25) is 0 Å². The molecule has 0 spiro atoms. The summed E-state index contributed by atoms with van der Waals surface area (Å²) in [5, 5.41) is 1.85. The van der Waals surface area contributed by atoms with E-state index in [1.807, 2.05) is 25.4 Å². The molecule has 1 rings (SSSR count). The molecule has 0 fully saturated rings. The van der Waals surface area contributed by atoms with Crippen molar-refractivity contribution in [3.8, 4) is 0 Å². The zero-order chi connectivity index (χ0) is 11.3. The quantitative estimate of drug-likeness (QED) is 0.571. The fraction of sp³-hybridized carbons (Fsp3) is 0.400. The molecular formula is C10H14N2O2S. The number of hydrogen-bond acceptors (Lipinski definition) is 3. The molecule has 0 saturated carbocycles. The first-order valence-corrected chi connectivity index (χ1v) is 5.48. The van der Waals surface area contributed by atoms with Crippen LogP contribution in [0.1, 0.15) is 16.6 Å². The van der Waals surface area contributed by atoms with Crippen molar-refractivity contribution >= 4 is 23.3 Å². The normalized spacial score (nSPS) is 11.3. The summed E-state index contributed by atoms with van der Waals surface area (Å²) >= 11 is 1.37. The van der Waals surface area contributed by atoms with Gasteiger partial charge in [-0.1, -0.05) is 6.07 Å². The summed E-state index contributed by atoms with van der Waals surface area (Å²) in [4.78, 5) is 17.9. The monoisotopic (exact) mass is 226 g/mol. The molecule has 0 aromatic carbocycles. The maximum atomic E-state index is 11.6. The minimum Gasteiger partial charge on any atom is -0.468 e. The van der Waals surface area contributed by atoms with Crippen molar-refractivity contribution in [2.75, 3.05) is 20.7 Å². The average molecular weight is 226 g/mol. The Morgan fingerprint density at radius 3 is 2.87 bits per heavy atom. The van der Waals surface area contributed by atoms with Crippen LogP contribution in [-0.2, 0) is 4.74 Å². The molecule has 1 aromatic heterocycles. The highest BCUT2D eigenvalue weighted by molar-refractivity contribution is 7.12. The summed E-state index contributed by atoms with van der Waals surface area (Å²) in [6.07, 6.45) is 0. The number of amides is 1. The molecule has 15 heavy (non-hydrogen) atoms. The summed E-state index contributed by atoms with van der Waals surface area (Å²) in [6, 6.07) is 3.91. The molecule has 0 aliphatic carbocycles. The number of rotatable bonds is 2. The fourth-order valence-electron chi connectivity index (χ4n) is 0.964. The molecule has 0 unspecified atom stereocenters. The molecule has 5 heteroatoms. The van der Waals surface area contributed by atoms with E-state index < -0.39 is 0 Å². The van der Waals surface area contributed by atoms with Gasteiger partial charge < -0.3 is 9.64 Å². The lowest BCUT2D eigenvalue weighted by Gasteiger charge is -2.16. The maximum absolute atomic E-state index is 11.6. The van der Waals surface area contributed by atoms with Crippen LogP contribution in [0, 0.1) is 0 Å². The Labute approximate surface area is 93.2 Å². The summed E-state index contributed by atoms with van der Waals surface area (Å²) in [5.74, 6) is -0.262. The van der Waals surface area contributed by atoms with E-state index in [1.54, 1.807) is 11.0 Å². The van der Waals surface area contributed by atoms with E-state index in [9.17, 15) is 4.79 Å². The molecule has 1 aromatic rings. The van der Waals surface area contributed by atoms with Crippen molar-refractivity contribution in [1.82, 2.24) is 4.90 Å². The lowest BCUT2D eigenvalue weighted by atomic mass is 10.4. The van der Waals surface area contributed by atoms with Crippen molar-refractivity contribution in [3.05, 3.63) is 22.4 Å². The minimum absolute atomic E-state index is 0.262. The van der Waals surface area contributed by atoms with E-state index in [0.717, 1.165) is 6.54 Å². The van der Waals surface area contributed by atoms with Crippen molar-refractivity contribution < 1.29 is 9.53 Å². The highest BCUT2D eigenvalue weighted by Gasteiger charge is 2.10. The number of aliphatic imine (C=N–C) groups is 1. The highest BCUT2D eigenvalue weighted by atomic mass is 32.1. The average Bonchev–Trinajstić information content (AvgIpc) is 2.77. The summed E-state index contributed by atoms with van der Waals surface area (Å²) in [7, 11) is 3.33. The van der Waals surface area contributed by atoms with Crippen molar-refractivity contribution in [2.45, 2.75) is 6.92 Å². The SMILES string of the molecule is CCN(C)C(=NC(=O)c1cccs1)OC. The molecule has 0 N–H and O–H groups in total. The third-order valence-electron chi connectivity index (χ3n) is 1.91. The van der Waals surface area contributed by atoms with Gasteiger partial charge in [0.25, 0.3) is 11.9 Å². The highest BCUT2D eigenvalue weighted by Crippen LogP contribution is 2.10. The van der Waals surface area contributed by atoms with E-state index >= 15 is 0 Å². The van der Waals surface area contributed by atoms with E-state index in [-0.39, 0.29) is 5.91 Å². The lowest BCUT2D eigenvalue weighted by molar-refractivity contribution is 0.100. The number of hydrogen-bond donors (Lipinski definition) is 0. The molecular weight excluding hydrogens is 212 g/mol. The third-order valence-corrected chi connectivity index (χ3v) is 2.77. The second-order valence-corrected chi connectivity index (χ2v) is 3.84. The van der Waals surface area contributed by atoms with Crippen LogP contribution >= 0.6 is 11.3 Å². The fourth-order valence-corrected chi connectivity index (χ4v) is 1.57. The Morgan fingerprint density at radius 2 is 2.40 bits per heavy atom. The van der Waals surface area contributed by atoms with Crippen LogP contribution in [0.3, 0.4) is 0 Å². The number of nitrogens with zero attached hydrogens (tertiary/aromatic N) is 2. The molecule has 0 radical (unpaired) electrons. The Hall–Kier alpha value is -1.36. The van der Waals surface area contributed by atoms with Crippen molar-refractivity contribution in [1.29, 1.82) is 0 Å². The molecule has 0 bridgehead atoms. The van der Waals surface area contributed by atoms with Crippen LogP contribution in [0.15, 0.2) is 22.5 Å². The van der Waals surface area contributed by atoms with Gasteiger partial charge in [-0.3, -0.25) is 4.79 Å². The first kappa shape index (κ1) is 11.7. The Bertz CT molecular complexity index is 346. The van der Waals surface area contributed by atoms with Crippen LogP contribution in [0.4, 0.5) is 0 Å². The predicted molar refractivity (Wildman–Crippen MR) is 61.4 cm³/mol. The van der Waals surface area contributed by atoms with Crippen LogP contribution < -0.4 is 0 Å². The van der Waals surface area contributed by atoms with Crippen molar-refractivity contribution in [2.24, 2.45) is 4.99 Å². The van der Waals surface area contributed by atoms with Gasteiger partial charge in [-0.25, -0.2) is 0 Å². The van der Waals surface area contributed by atoms with Gasteiger partial charge in [0.1, 0.15) is 0 Å². The zero-order valence-corrected chi connectivity index (χ0v) is 9.87. The van der Waals surface area contributed by atoms with Crippen LogP contribution in [0.5, 0.6) is 0 Å². The largest absolute Gasteiger partial charge is 0.468 e.